The highest BCUT2D eigenvalue weighted by atomic mass is 79.9. The maximum atomic E-state index is 5.98. The summed E-state index contributed by atoms with van der Waals surface area (Å²) in [5.41, 5.74) is 9.13. The minimum Gasteiger partial charge on any atom is -0.471 e. The molecule has 1 saturated heterocycles. The molecule has 3 heterocycles. The summed E-state index contributed by atoms with van der Waals surface area (Å²) in [6.07, 6.45) is 1.83. The van der Waals surface area contributed by atoms with Crippen molar-refractivity contribution in [3.8, 4) is 5.75 Å². The Morgan fingerprint density at radius 3 is 2.75 bits per heavy atom. The molecule has 28 heavy (non-hydrogen) atoms. The zero-order valence-electron chi connectivity index (χ0n) is 15.8. The Morgan fingerprint density at radius 2 is 1.96 bits per heavy atom. The zero-order valence-corrected chi connectivity index (χ0v) is 17.3. The van der Waals surface area contributed by atoms with Crippen LogP contribution >= 0.6 is 15.9 Å². The van der Waals surface area contributed by atoms with Gasteiger partial charge in [-0.2, -0.15) is 0 Å². The summed E-state index contributed by atoms with van der Waals surface area (Å²) >= 11 is 3.62. The van der Waals surface area contributed by atoms with Crippen LogP contribution in [0.25, 0.3) is 0 Å². The molecule has 3 aliphatic heterocycles. The molecule has 0 amide bonds. The Morgan fingerprint density at radius 1 is 1.18 bits per heavy atom. The number of ether oxygens (including phenoxy) is 1. The molecule has 0 aromatic heterocycles. The molecule has 144 valence electrons. The van der Waals surface area contributed by atoms with Crippen molar-refractivity contribution >= 4 is 39.2 Å². The lowest BCUT2D eigenvalue weighted by Crippen LogP contribution is -2.51. The summed E-state index contributed by atoms with van der Waals surface area (Å²) < 4.78 is 6.65. The summed E-state index contributed by atoms with van der Waals surface area (Å²) in [5.74, 6) is 0.583. The predicted molar refractivity (Wildman–Crippen MR) is 113 cm³/mol. The molecule has 3 N–H and O–H groups in total. The van der Waals surface area contributed by atoms with Crippen LogP contribution in [0.3, 0.4) is 0 Å². The fourth-order valence-electron chi connectivity index (χ4n) is 3.69. The van der Waals surface area contributed by atoms with Gasteiger partial charge in [0.25, 0.3) is 0 Å². The Hall–Kier alpha value is -2.71. The number of aliphatic imine (C=N–C) groups is 1. The number of hydrogen-bond donors (Lipinski definition) is 3. The van der Waals surface area contributed by atoms with E-state index in [-0.39, 0.29) is 0 Å². The first kappa shape index (κ1) is 17.4. The van der Waals surface area contributed by atoms with Crippen molar-refractivity contribution in [1.82, 2.24) is 5.48 Å². The number of rotatable bonds is 3. The van der Waals surface area contributed by atoms with Crippen molar-refractivity contribution in [1.29, 1.82) is 0 Å². The van der Waals surface area contributed by atoms with E-state index in [1.165, 1.54) is 0 Å². The molecular weight excluding hydrogens is 422 g/mol. The number of benzene rings is 2. The fourth-order valence-corrected chi connectivity index (χ4v) is 3.91. The van der Waals surface area contributed by atoms with E-state index in [2.05, 4.69) is 58.0 Å². The van der Waals surface area contributed by atoms with E-state index in [0.717, 1.165) is 49.8 Å². The lowest BCUT2D eigenvalue weighted by atomic mass is 10.1. The van der Waals surface area contributed by atoms with Crippen molar-refractivity contribution in [2.45, 2.75) is 26.7 Å². The molecule has 7 nitrogen and oxygen atoms in total. The molecule has 5 rings (SSSR count). The lowest BCUT2D eigenvalue weighted by molar-refractivity contribution is -0.0214. The van der Waals surface area contributed by atoms with E-state index >= 15 is 0 Å². The first-order chi connectivity index (χ1) is 13.5. The molecule has 0 aliphatic carbocycles. The van der Waals surface area contributed by atoms with Gasteiger partial charge in [-0.25, -0.2) is 15.3 Å². The third-order valence-electron chi connectivity index (χ3n) is 5.08. The second kappa shape index (κ2) is 6.15. The molecule has 2 aromatic rings. The topological polar surface area (TPSA) is 70.2 Å². The van der Waals surface area contributed by atoms with Crippen LogP contribution < -0.4 is 25.8 Å². The van der Waals surface area contributed by atoms with Crippen molar-refractivity contribution in [3.05, 3.63) is 57.3 Å². The summed E-state index contributed by atoms with van der Waals surface area (Å²) in [5, 5.41) is 6.70. The quantitative estimate of drug-likeness (QED) is 0.662. The largest absolute Gasteiger partial charge is 0.471 e. The number of nitrogens with zero attached hydrogens (tertiary/aromatic N) is 2. The molecule has 1 unspecified atom stereocenters. The zero-order chi connectivity index (χ0) is 19.5. The number of anilines is 3. The molecule has 3 aliphatic rings. The first-order valence-corrected chi connectivity index (χ1v) is 9.82. The van der Waals surface area contributed by atoms with Crippen LogP contribution in [0.2, 0.25) is 0 Å². The van der Waals surface area contributed by atoms with Crippen molar-refractivity contribution in [2.24, 2.45) is 4.99 Å². The highest BCUT2D eigenvalue weighted by Crippen LogP contribution is 2.42. The Bertz CT molecular complexity index is 1030. The van der Waals surface area contributed by atoms with Gasteiger partial charge in [-0.3, -0.25) is 4.90 Å². The summed E-state index contributed by atoms with van der Waals surface area (Å²) in [4.78, 5) is 12.7. The number of hydrogen-bond acceptors (Lipinski definition) is 7. The Balaban J connectivity index is 1.58. The van der Waals surface area contributed by atoms with Gasteiger partial charge in [0.05, 0.1) is 11.4 Å². The normalized spacial score (nSPS) is 21.9. The number of allylic oxidation sites excluding steroid dienone is 1. The number of nitrogens with one attached hydrogen (secondary N) is 3. The van der Waals surface area contributed by atoms with E-state index < -0.39 is 5.97 Å². The predicted octanol–water partition coefficient (Wildman–Crippen LogP) is 4.21. The third-order valence-corrected chi connectivity index (χ3v) is 6.33. The van der Waals surface area contributed by atoms with E-state index in [9.17, 15) is 0 Å². The van der Waals surface area contributed by atoms with Crippen LogP contribution in [-0.4, -0.2) is 18.9 Å². The maximum Gasteiger partial charge on any atom is 0.351 e. The van der Waals surface area contributed by atoms with E-state index in [0.29, 0.717) is 6.73 Å². The van der Waals surface area contributed by atoms with Gasteiger partial charge in [-0.1, -0.05) is 15.9 Å². The molecule has 0 radical (unpaired) electrons. The molecule has 2 bridgehead atoms. The van der Waals surface area contributed by atoms with Crippen LogP contribution in [0.5, 0.6) is 5.75 Å². The SMILES string of the molecule is CC1=C2NOC(Nc3cc(C)c(Br)c(C)c3)(N=C1)N2c1ccc2c(c1)NCO2. The number of fused-ring (bicyclic) bond motifs is 3. The van der Waals surface area contributed by atoms with E-state index in [1.54, 1.807) is 0 Å². The van der Waals surface area contributed by atoms with Crippen LogP contribution in [0.4, 0.5) is 17.1 Å². The lowest BCUT2D eigenvalue weighted by Gasteiger charge is -2.36. The van der Waals surface area contributed by atoms with E-state index in [4.69, 9.17) is 14.6 Å². The highest BCUT2D eigenvalue weighted by molar-refractivity contribution is 9.10. The summed E-state index contributed by atoms with van der Waals surface area (Å²) in [6.45, 7) is 6.61. The number of aryl methyl sites for hydroxylation is 2. The minimum atomic E-state index is -1.12. The van der Waals surface area contributed by atoms with Crippen molar-refractivity contribution in [2.75, 3.05) is 22.3 Å². The van der Waals surface area contributed by atoms with Gasteiger partial charge < -0.3 is 15.4 Å². The smallest absolute Gasteiger partial charge is 0.351 e. The molecular formula is C20H20BrN5O2. The molecule has 1 fully saturated rings. The van der Waals surface area contributed by atoms with Crippen molar-refractivity contribution < 1.29 is 9.57 Å². The average Bonchev–Trinajstić information content (AvgIpc) is 3.24. The number of halogens is 1. The minimum absolute atomic E-state index is 0.480. The van der Waals surface area contributed by atoms with Crippen LogP contribution in [0.1, 0.15) is 18.1 Å². The van der Waals surface area contributed by atoms with Crippen LogP contribution in [0.15, 0.2) is 51.2 Å². The van der Waals surface area contributed by atoms with E-state index in [1.807, 2.05) is 36.2 Å². The van der Waals surface area contributed by atoms with Gasteiger partial charge >= 0.3 is 5.97 Å². The number of hydroxylamine groups is 1. The van der Waals surface area contributed by atoms with Gasteiger partial charge in [0.15, 0.2) is 6.73 Å². The monoisotopic (exact) mass is 441 g/mol. The molecule has 1 atom stereocenters. The maximum absolute atomic E-state index is 5.98. The highest BCUT2D eigenvalue weighted by Gasteiger charge is 2.49. The first-order valence-electron chi connectivity index (χ1n) is 9.03. The van der Waals surface area contributed by atoms with Crippen LogP contribution in [0, 0.1) is 13.8 Å². The second-order valence-corrected chi connectivity index (χ2v) is 7.93. The molecule has 0 saturated carbocycles. The Labute approximate surface area is 171 Å². The van der Waals surface area contributed by atoms with Gasteiger partial charge in [-0.05, 0) is 62.2 Å². The second-order valence-electron chi connectivity index (χ2n) is 7.13. The fraction of sp³-hybridized carbons (Fsp3) is 0.250. The molecule has 2 aromatic carbocycles. The average molecular weight is 442 g/mol. The van der Waals surface area contributed by atoms with Crippen LogP contribution in [-0.2, 0) is 4.84 Å². The third kappa shape index (κ3) is 2.56. The summed E-state index contributed by atoms with van der Waals surface area (Å²) in [6, 6.07) is 10.2. The standard InChI is InChI=1S/C20H20BrN5O2/c1-11-6-14(7-12(2)18(11)21)24-20-23-9-13(3)19(25-28-20)26(20)15-4-5-17-16(8-15)22-10-27-17/h4-9,22,24-25H,10H2,1-3H3. The Kier molecular flexibility index (Phi) is 3.82. The summed E-state index contributed by atoms with van der Waals surface area (Å²) in [7, 11) is 0. The van der Waals surface area contributed by atoms with Gasteiger partial charge in [0, 0.05) is 21.9 Å². The molecule has 8 heteroatoms. The molecule has 0 spiro atoms. The van der Waals surface area contributed by atoms with Crippen molar-refractivity contribution in [3.63, 3.8) is 0 Å². The van der Waals surface area contributed by atoms with Gasteiger partial charge in [0.2, 0.25) is 0 Å². The van der Waals surface area contributed by atoms with Gasteiger partial charge in [-0.15, -0.1) is 0 Å². The van der Waals surface area contributed by atoms with Gasteiger partial charge in [0.1, 0.15) is 11.6 Å².